The second-order valence-electron chi connectivity index (χ2n) is 4.10. The van der Waals surface area contributed by atoms with Gasteiger partial charge in [0.25, 0.3) is 5.89 Å². The Labute approximate surface area is 133 Å². The van der Waals surface area contributed by atoms with Crippen molar-refractivity contribution in [2.75, 3.05) is 7.11 Å². The molecule has 0 atom stereocenters. The molecule has 8 heteroatoms. The summed E-state index contributed by atoms with van der Waals surface area (Å²) in [5.41, 5.74) is 7.02. The molecule has 0 spiro atoms. The second kappa shape index (κ2) is 5.92. The van der Waals surface area contributed by atoms with Crippen LogP contribution in [0.4, 0.5) is 0 Å². The number of methoxy groups -OCH3 is 1. The zero-order valence-corrected chi connectivity index (χ0v) is 13.4. The number of hydrogen-bond donors (Lipinski definition) is 1. The van der Waals surface area contributed by atoms with Gasteiger partial charge in [-0.1, -0.05) is 5.16 Å². The van der Waals surface area contributed by atoms with Crippen molar-refractivity contribution in [1.29, 1.82) is 0 Å². The van der Waals surface area contributed by atoms with Crippen molar-refractivity contribution >= 4 is 27.3 Å². The van der Waals surface area contributed by atoms with E-state index in [0.29, 0.717) is 24.0 Å². The maximum atomic E-state index is 5.55. The van der Waals surface area contributed by atoms with Crippen LogP contribution in [0.5, 0.6) is 5.75 Å². The molecule has 0 fully saturated rings. The van der Waals surface area contributed by atoms with Crippen molar-refractivity contribution in [2.24, 2.45) is 5.73 Å². The summed E-state index contributed by atoms with van der Waals surface area (Å²) in [5.74, 6) is 1.62. The molecule has 0 radical (unpaired) electrons. The SMILES string of the molecule is COc1ccc(-c2noc(-c3csc(CN)n3)n2)cc1Br. The van der Waals surface area contributed by atoms with E-state index < -0.39 is 0 Å². The van der Waals surface area contributed by atoms with Crippen molar-refractivity contribution in [3.05, 3.63) is 33.1 Å². The zero-order chi connectivity index (χ0) is 14.8. The highest BCUT2D eigenvalue weighted by atomic mass is 79.9. The third-order valence-corrected chi connectivity index (χ3v) is 4.27. The van der Waals surface area contributed by atoms with Crippen LogP contribution in [0.1, 0.15) is 5.01 Å². The summed E-state index contributed by atoms with van der Waals surface area (Å²) in [4.78, 5) is 8.68. The Bertz CT molecular complexity index is 771. The normalized spacial score (nSPS) is 10.8. The lowest BCUT2D eigenvalue weighted by Gasteiger charge is -2.03. The van der Waals surface area contributed by atoms with Crippen molar-refractivity contribution in [3.63, 3.8) is 0 Å². The largest absolute Gasteiger partial charge is 0.496 e. The van der Waals surface area contributed by atoms with Crippen LogP contribution in [0, 0.1) is 0 Å². The molecular weight excluding hydrogens is 356 g/mol. The highest BCUT2D eigenvalue weighted by Gasteiger charge is 2.14. The predicted molar refractivity (Wildman–Crippen MR) is 83.0 cm³/mol. The van der Waals surface area contributed by atoms with E-state index in [4.69, 9.17) is 15.0 Å². The van der Waals surface area contributed by atoms with Crippen LogP contribution >= 0.6 is 27.3 Å². The molecule has 3 rings (SSSR count). The van der Waals surface area contributed by atoms with Gasteiger partial charge in [-0.2, -0.15) is 4.98 Å². The third-order valence-electron chi connectivity index (χ3n) is 2.78. The minimum Gasteiger partial charge on any atom is -0.496 e. The second-order valence-corrected chi connectivity index (χ2v) is 5.90. The molecule has 0 aliphatic rings. The first-order valence-corrected chi connectivity index (χ1v) is 7.71. The lowest BCUT2D eigenvalue weighted by Crippen LogP contribution is -1.94. The summed E-state index contributed by atoms with van der Waals surface area (Å²) in [5, 5.41) is 6.66. The molecule has 0 bridgehead atoms. The Kier molecular flexibility index (Phi) is 4.00. The van der Waals surface area contributed by atoms with Gasteiger partial charge in [-0.05, 0) is 34.1 Å². The minimum absolute atomic E-state index is 0.382. The number of rotatable bonds is 4. The summed E-state index contributed by atoms with van der Waals surface area (Å²) < 4.78 is 11.3. The van der Waals surface area contributed by atoms with Crippen LogP contribution in [0.3, 0.4) is 0 Å². The number of nitrogens with zero attached hydrogens (tertiary/aromatic N) is 3. The smallest absolute Gasteiger partial charge is 0.277 e. The first-order valence-electron chi connectivity index (χ1n) is 6.03. The number of nitrogens with two attached hydrogens (primary N) is 1. The van der Waals surface area contributed by atoms with Gasteiger partial charge in [-0.15, -0.1) is 11.3 Å². The van der Waals surface area contributed by atoms with E-state index in [2.05, 4.69) is 31.1 Å². The number of benzene rings is 1. The molecule has 6 nitrogen and oxygen atoms in total. The fourth-order valence-electron chi connectivity index (χ4n) is 1.75. The molecule has 21 heavy (non-hydrogen) atoms. The number of hydrogen-bond acceptors (Lipinski definition) is 7. The fraction of sp³-hybridized carbons (Fsp3) is 0.154. The predicted octanol–water partition coefficient (Wildman–Crippen LogP) is 3.09. The molecule has 1 aromatic carbocycles. The van der Waals surface area contributed by atoms with Gasteiger partial charge in [0.2, 0.25) is 5.82 Å². The summed E-state index contributed by atoms with van der Waals surface area (Å²) in [7, 11) is 1.61. The van der Waals surface area contributed by atoms with Gasteiger partial charge in [0.15, 0.2) is 0 Å². The molecule has 2 heterocycles. The van der Waals surface area contributed by atoms with Crippen LogP contribution in [-0.2, 0) is 6.54 Å². The first-order chi connectivity index (χ1) is 10.2. The van der Waals surface area contributed by atoms with Crippen molar-refractivity contribution < 1.29 is 9.26 Å². The Morgan fingerprint density at radius 1 is 1.38 bits per heavy atom. The molecule has 0 saturated heterocycles. The van der Waals surface area contributed by atoms with E-state index in [0.717, 1.165) is 20.8 Å². The molecule has 0 saturated carbocycles. The van der Waals surface area contributed by atoms with Gasteiger partial charge in [-0.3, -0.25) is 0 Å². The highest BCUT2D eigenvalue weighted by Crippen LogP contribution is 2.30. The average molecular weight is 367 g/mol. The molecule has 0 aliphatic carbocycles. The van der Waals surface area contributed by atoms with Crippen molar-refractivity contribution in [1.82, 2.24) is 15.1 Å². The molecule has 0 aliphatic heterocycles. The average Bonchev–Trinajstić information content (AvgIpc) is 3.15. The van der Waals surface area contributed by atoms with E-state index in [1.54, 1.807) is 7.11 Å². The summed E-state index contributed by atoms with van der Waals surface area (Å²) in [6, 6.07) is 5.58. The number of ether oxygens (including phenoxy) is 1. The van der Waals surface area contributed by atoms with Gasteiger partial charge in [0.05, 0.1) is 11.6 Å². The van der Waals surface area contributed by atoms with Crippen LogP contribution in [-0.4, -0.2) is 22.2 Å². The third kappa shape index (κ3) is 2.82. The molecule has 0 unspecified atom stereocenters. The Morgan fingerprint density at radius 3 is 2.90 bits per heavy atom. The molecule has 108 valence electrons. The monoisotopic (exact) mass is 366 g/mol. The molecule has 2 N–H and O–H groups in total. The van der Waals surface area contributed by atoms with Gasteiger partial charge in [0.1, 0.15) is 16.5 Å². The summed E-state index contributed by atoms with van der Waals surface area (Å²) in [6.45, 7) is 0.400. The van der Waals surface area contributed by atoms with Gasteiger partial charge >= 0.3 is 0 Å². The zero-order valence-electron chi connectivity index (χ0n) is 11.0. The highest BCUT2D eigenvalue weighted by molar-refractivity contribution is 9.10. The summed E-state index contributed by atoms with van der Waals surface area (Å²) >= 11 is 4.90. The lowest BCUT2D eigenvalue weighted by molar-refractivity contribution is 0.412. The van der Waals surface area contributed by atoms with E-state index in [9.17, 15) is 0 Å². The fourth-order valence-corrected chi connectivity index (χ4v) is 2.94. The van der Waals surface area contributed by atoms with Crippen LogP contribution in [0.25, 0.3) is 23.0 Å². The van der Waals surface area contributed by atoms with Crippen LogP contribution in [0.15, 0.2) is 32.6 Å². The first kappa shape index (κ1) is 14.2. The maximum absolute atomic E-state index is 5.55. The maximum Gasteiger partial charge on any atom is 0.277 e. The summed E-state index contributed by atoms with van der Waals surface area (Å²) in [6.07, 6.45) is 0. The van der Waals surface area contributed by atoms with E-state index in [1.165, 1.54) is 11.3 Å². The molecule has 3 aromatic rings. The lowest BCUT2D eigenvalue weighted by atomic mass is 10.2. The van der Waals surface area contributed by atoms with E-state index in [1.807, 2.05) is 23.6 Å². The van der Waals surface area contributed by atoms with Gasteiger partial charge in [-0.25, -0.2) is 4.98 Å². The number of aromatic nitrogens is 3. The molecule has 0 amide bonds. The van der Waals surface area contributed by atoms with E-state index in [-0.39, 0.29) is 0 Å². The Balaban J connectivity index is 1.92. The topological polar surface area (TPSA) is 87.1 Å². The van der Waals surface area contributed by atoms with Crippen LogP contribution in [0.2, 0.25) is 0 Å². The van der Waals surface area contributed by atoms with E-state index >= 15 is 0 Å². The van der Waals surface area contributed by atoms with Crippen molar-refractivity contribution in [2.45, 2.75) is 6.54 Å². The molecular formula is C13H11BrN4O2S. The van der Waals surface area contributed by atoms with Crippen molar-refractivity contribution in [3.8, 4) is 28.7 Å². The quantitative estimate of drug-likeness (QED) is 0.763. The van der Waals surface area contributed by atoms with Gasteiger partial charge in [0, 0.05) is 17.5 Å². The minimum atomic E-state index is 0.382. The van der Waals surface area contributed by atoms with Crippen LogP contribution < -0.4 is 10.5 Å². The Morgan fingerprint density at radius 2 is 2.24 bits per heavy atom. The number of thiazole rings is 1. The van der Waals surface area contributed by atoms with Gasteiger partial charge < -0.3 is 15.0 Å². The number of halogens is 1. The molecule has 2 aromatic heterocycles. The Hall–Kier alpha value is -1.77. The standard InChI is InChI=1S/C13H11BrN4O2S/c1-19-10-3-2-7(4-8(10)14)12-17-13(20-18-12)9-6-21-11(5-15)16-9/h2-4,6H,5,15H2,1H3.